The minimum absolute atomic E-state index is 0.0568. The maximum atomic E-state index is 10.4. The number of carbonyl (C=O) groups is 1. The van der Waals surface area contributed by atoms with Gasteiger partial charge >= 0.3 is 5.97 Å². The minimum atomic E-state index is -0.816. The lowest BCUT2D eigenvalue weighted by Gasteiger charge is -2.32. The van der Waals surface area contributed by atoms with E-state index in [0.29, 0.717) is 6.54 Å². The standard InChI is InChI=1S/C8H15NO3/c1-9-3-2-6(4-8(11)12)7(10)5-9/h6-7,10H,2-5H2,1H3,(H,11,12)/t6-,7-/m1/s1. The molecule has 0 saturated carbocycles. The fraction of sp³-hybridized carbons (Fsp3) is 0.875. The predicted molar refractivity (Wildman–Crippen MR) is 43.9 cm³/mol. The van der Waals surface area contributed by atoms with E-state index in [1.165, 1.54) is 0 Å². The molecule has 1 heterocycles. The van der Waals surface area contributed by atoms with Crippen LogP contribution in [0.15, 0.2) is 0 Å². The molecule has 0 bridgehead atoms. The summed E-state index contributed by atoms with van der Waals surface area (Å²) in [7, 11) is 1.93. The van der Waals surface area contributed by atoms with E-state index in [9.17, 15) is 9.90 Å². The number of rotatable bonds is 2. The number of nitrogens with zero attached hydrogens (tertiary/aromatic N) is 1. The van der Waals surface area contributed by atoms with E-state index in [1.54, 1.807) is 0 Å². The van der Waals surface area contributed by atoms with Crippen LogP contribution in [0.1, 0.15) is 12.8 Å². The van der Waals surface area contributed by atoms with Gasteiger partial charge in [-0.05, 0) is 25.9 Å². The van der Waals surface area contributed by atoms with Crippen LogP contribution in [-0.4, -0.2) is 47.3 Å². The Bertz CT molecular complexity index is 172. The molecule has 4 heteroatoms. The maximum Gasteiger partial charge on any atom is 0.303 e. The van der Waals surface area contributed by atoms with E-state index < -0.39 is 12.1 Å². The Morgan fingerprint density at radius 2 is 2.33 bits per heavy atom. The van der Waals surface area contributed by atoms with Gasteiger partial charge < -0.3 is 15.1 Å². The monoisotopic (exact) mass is 173 g/mol. The summed E-state index contributed by atoms with van der Waals surface area (Å²) in [5, 5.41) is 18.0. The molecule has 12 heavy (non-hydrogen) atoms. The molecule has 1 fully saturated rings. The fourth-order valence-electron chi connectivity index (χ4n) is 1.60. The van der Waals surface area contributed by atoms with E-state index in [0.717, 1.165) is 13.0 Å². The van der Waals surface area contributed by atoms with E-state index in [4.69, 9.17) is 5.11 Å². The lowest BCUT2D eigenvalue weighted by atomic mass is 9.91. The van der Waals surface area contributed by atoms with E-state index in [2.05, 4.69) is 0 Å². The highest BCUT2D eigenvalue weighted by atomic mass is 16.4. The van der Waals surface area contributed by atoms with Crippen molar-refractivity contribution in [3.8, 4) is 0 Å². The minimum Gasteiger partial charge on any atom is -0.481 e. The molecule has 1 rings (SSSR count). The van der Waals surface area contributed by atoms with Gasteiger partial charge in [-0.1, -0.05) is 0 Å². The molecule has 1 aliphatic rings. The second kappa shape index (κ2) is 3.87. The van der Waals surface area contributed by atoms with E-state index in [-0.39, 0.29) is 12.3 Å². The van der Waals surface area contributed by atoms with Crippen LogP contribution in [0.5, 0.6) is 0 Å². The molecule has 2 atom stereocenters. The Labute approximate surface area is 71.8 Å². The zero-order valence-corrected chi connectivity index (χ0v) is 7.23. The lowest BCUT2D eigenvalue weighted by Crippen LogP contribution is -2.42. The molecule has 4 nitrogen and oxygen atoms in total. The topological polar surface area (TPSA) is 60.8 Å². The summed E-state index contributed by atoms with van der Waals surface area (Å²) >= 11 is 0. The molecule has 2 N–H and O–H groups in total. The van der Waals surface area contributed by atoms with Gasteiger partial charge in [0.2, 0.25) is 0 Å². The Kier molecular flexibility index (Phi) is 3.05. The van der Waals surface area contributed by atoms with Crippen LogP contribution in [0.4, 0.5) is 0 Å². The largest absolute Gasteiger partial charge is 0.481 e. The number of likely N-dealkylation sites (tertiary alicyclic amines) is 1. The van der Waals surface area contributed by atoms with Crippen LogP contribution in [-0.2, 0) is 4.79 Å². The zero-order chi connectivity index (χ0) is 9.14. The van der Waals surface area contributed by atoms with Gasteiger partial charge in [0, 0.05) is 6.54 Å². The predicted octanol–water partition coefficient (Wildman–Crippen LogP) is -0.226. The molecule has 0 radical (unpaired) electrons. The lowest BCUT2D eigenvalue weighted by molar-refractivity contribution is -0.139. The fourth-order valence-corrected chi connectivity index (χ4v) is 1.60. The van der Waals surface area contributed by atoms with Crippen LogP contribution in [0.2, 0.25) is 0 Å². The quantitative estimate of drug-likeness (QED) is 0.605. The normalized spacial score (nSPS) is 31.8. The molecule has 0 aromatic rings. The molecule has 0 amide bonds. The molecule has 70 valence electrons. The smallest absolute Gasteiger partial charge is 0.303 e. The highest BCUT2D eigenvalue weighted by Crippen LogP contribution is 2.19. The SMILES string of the molecule is CN1CC[C@H](CC(=O)O)[C@H](O)C1. The van der Waals surface area contributed by atoms with Gasteiger partial charge in [0.25, 0.3) is 0 Å². The molecule has 0 spiro atoms. The number of aliphatic hydroxyl groups excluding tert-OH is 1. The van der Waals surface area contributed by atoms with Crippen molar-refractivity contribution in [1.29, 1.82) is 0 Å². The number of hydrogen-bond acceptors (Lipinski definition) is 3. The Morgan fingerprint density at radius 3 is 2.83 bits per heavy atom. The second-order valence-corrected chi connectivity index (χ2v) is 3.48. The third kappa shape index (κ3) is 2.46. The van der Waals surface area contributed by atoms with Gasteiger partial charge in [-0.2, -0.15) is 0 Å². The van der Waals surface area contributed by atoms with Crippen molar-refractivity contribution in [2.24, 2.45) is 5.92 Å². The van der Waals surface area contributed by atoms with Crippen molar-refractivity contribution in [3.05, 3.63) is 0 Å². The van der Waals surface area contributed by atoms with Gasteiger partial charge in [-0.25, -0.2) is 0 Å². The molecule has 1 aliphatic heterocycles. The van der Waals surface area contributed by atoms with Crippen LogP contribution in [0, 0.1) is 5.92 Å². The van der Waals surface area contributed by atoms with Gasteiger partial charge in [0.1, 0.15) is 0 Å². The van der Waals surface area contributed by atoms with Crippen molar-refractivity contribution in [1.82, 2.24) is 4.90 Å². The summed E-state index contributed by atoms with van der Waals surface area (Å²) in [6.07, 6.45) is 0.402. The Morgan fingerprint density at radius 1 is 1.67 bits per heavy atom. The first-order valence-electron chi connectivity index (χ1n) is 4.18. The Hall–Kier alpha value is -0.610. The van der Waals surface area contributed by atoms with Crippen LogP contribution >= 0.6 is 0 Å². The number of aliphatic carboxylic acids is 1. The summed E-state index contributed by atoms with van der Waals surface area (Å²) in [6.45, 7) is 1.48. The molecule has 0 aromatic carbocycles. The van der Waals surface area contributed by atoms with Crippen LogP contribution < -0.4 is 0 Å². The first kappa shape index (κ1) is 9.48. The molecule has 0 aromatic heterocycles. The van der Waals surface area contributed by atoms with Crippen LogP contribution in [0.25, 0.3) is 0 Å². The van der Waals surface area contributed by atoms with E-state index >= 15 is 0 Å². The average Bonchev–Trinajstić information content (AvgIpc) is 1.94. The van der Waals surface area contributed by atoms with Gasteiger partial charge in [0.15, 0.2) is 0 Å². The number of piperidine rings is 1. The van der Waals surface area contributed by atoms with Gasteiger partial charge in [-0.15, -0.1) is 0 Å². The third-order valence-corrected chi connectivity index (χ3v) is 2.36. The summed E-state index contributed by atoms with van der Waals surface area (Å²) in [5.41, 5.74) is 0. The zero-order valence-electron chi connectivity index (χ0n) is 7.23. The second-order valence-electron chi connectivity index (χ2n) is 3.48. The summed E-state index contributed by atoms with van der Waals surface area (Å²) in [6, 6.07) is 0. The first-order valence-corrected chi connectivity index (χ1v) is 4.18. The molecule has 1 saturated heterocycles. The maximum absolute atomic E-state index is 10.4. The van der Waals surface area contributed by atoms with Crippen molar-refractivity contribution in [2.75, 3.05) is 20.1 Å². The molecule has 0 aliphatic carbocycles. The number of aliphatic hydroxyl groups is 1. The summed E-state index contributed by atoms with van der Waals surface area (Å²) in [5.74, 6) is -0.873. The highest BCUT2D eigenvalue weighted by Gasteiger charge is 2.27. The first-order chi connectivity index (χ1) is 5.59. The molecule has 0 unspecified atom stereocenters. The van der Waals surface area contributed by atoms with Gasteiger partial charge in [-0.3, -0.25) is 4.79 Å². The number of hydrogen-bond donors (Lipinski definition) is 2. The highest BCUT2D eigenvalue weighted by molar-refractivity contribution is 5.67. The number of β-amino-alcohol motifs (C(OH)–C–C–N with tert-alkyl or cyclic N) is 1. The molecular formula is C8H15NO3. The summed E-state index contributed by atoms with van der Waals surface area (Å²) < 4.78 is 0. The third-order valence-electron chi connectivity index (χ3n) is 2.36. The number of likely N-dealkylation sites (N-methyl/N-ethyl adjacent to an activating group) is 1. The van der Waals surface area contributed by atoms with Crippen molar-refractivity contribution in [2.45, 2.75) is 18.9 Å². The Balaban J connectivity index is 2.39. The number of carboxylic acids is 1. The summed E-state index contributed by atoms with van der Waals surface area (Å²) in [4.78, 5) is 12.4. The molecular weight excluding hydrogens is 158 g/mol. The van der Waals surface area contributed by atoms with Gasteiger partial charge in [0.05, 0.1) is 12.5 Å². The van der Waals surface area contributed by atoms with Crippen molar-refractivity contribution in [3.63, 3.8) is 0 Å². The van der Waals surface area contributed by atoms with Crippen molar-refractivity contribution >= 4 is 5.97 Å². The average molecular weight is 173 g/mol. The number of carboxylic acid groups (broad SMARTS) is 1. The van der Waals surface area contributed by atoms with Crippen LogP contribution in [0.3, 0.4) is 0 Å². The van der Waals surface area contributed by atoms with E-state index in [1.807, 2.05) is 11.9 Å². The van der Waals surface area contributed by atoms with Crippen molar-refractivity contribution < 1.29 is 15.0 Å².